The molecule has 0 aromatic heterocycles. The highest BCUT2D eigenvalue weighted by Gasteiger charge is 2.27. The number of benzene rings is 2. The molecule has 0 fully saturated rings. The SMILES string of the molecule is C=C1NC(c2c(F)cccc2Br)=C(c2ccccc2)CC1F. The Morgan fingerprint density at radius 3 is 2.50 bits per heavy atom. The minimum absolute atomic E-state index is 0.173. The highest BCUT2D eigenvalue weighted by Crippen LogP contribution is 2.38. The van der Waals surface area contributed by atoms with Crippen molar-refractivity contribution in [3.05, 3.63) is 82.2 Å². The first-order valence-electron chi connectivity index (χ1n) is 6.90. The average Bonchev–Trinajstić information content (AvgIpc) is 2.51. The summed E-state index contributed by atoms with van der Waals surface area (Å²) in [5.74, 6) is -0.365. The number of rotatable bonds is 2. The van der Waals surface area contributed by atoms with Gasteiger partial charge in [0.25, 0.3) is 0 Å². The van der Waals surface area contributed by atoms with Crippen LogP contribution in [0.1, 0.15) is 17.5 Å². The van der Waals surface area contributed by atoms with E-state index in [1.54, 1.807) is 12.1 Å². The minimum atomic E-state index is -1.19. The molecule has 1 aliphatic heterocycles. The monoisotopic (exact) mass is 361 g/mol. The van der Waals surface area contributed by atoms with E-state index in [0.717, 1.165) is 11.1 Å². The Labute approximate surface area is 136 Å². The van der Waals surface area contributed by atoms with Gasteiger partial charge in [-0.25, -0.2) is 8.78 Å². The van der Waals surface area contributed by atoms with E-state index < -0.39 is 6.17 Å². The van der Waals surface area contributed by atoms with Gasteiger partial charge in [-0.2, -0.15) is 0 Å². The van der Waals surface area contributed by atoms with Gasteiger partial charge in [0.05, 0.1) is 5.70 Å². The Balaban J connectivity index is 2.24. The maximum absolute atomic E-state index is 14.3. The third-order valence-corrected chi connectivity index (χ3v) is 4.34. The molecule has 2 aromatic carbocycles. The van der Waals surface area contributed by atoms with E-state index in [0.29, 0.717) is 15.7 Å². The second-order valence-electron chi connectivity index (χ2n) is 5.14. The molecule has 0 bridgehead atoms. The second kappa shape index (κ2) is 6.05. The Kier molecular flexibility index (Phi) is 4.12. The van der Waals surface area contributed by atoms with Crippen molar-refractivity contribution in [3.8, 4) is 0 Å². The summed E-state index contributed by atoms with van der Waals surface area (Å²) in [6, 6.07) is 14.2. The highest BCUT2D eigenvalue weighted by atomic mass is 79.9. The fourth-order valence-corrected chi connectivity index (χ4v) is 3.11. The average molecular weight is 362 g/mol. The number of nitrogens with one attached hydrogen (secondary N) is 1. The molecule has 1 heterocycles. The van der Waals surface area contributed by atoms with E-state index in [-0.39, 0.29) is 17.9 Å². The largest absolute Gasteiger partial charge is 0.356 e. The van der Waals surface area contributed by atoms with Gasteiger partial charge in [0.1, 0.15) is 12.0 Å². The summed E-state index contributed by atoms with van der Waals surface area (Å²) in [6.07, 6.45) is -1.02. The van der Waals surface area contributed by atoms with Crippen LogP contribution in [0.4, 0.5) is 8.78 Å². The Hall–Kier alpha value is -1.94. The molecule has 0 aliphatic carbocycles. The van der Waals surface area contributed by atoms with Crippen LogP contribution in [0.5, 0.6) is 0 Å². The van der Waals surface area contributed by atoms with Crippen LogP contribution in [0.25, 0.3) is 11.3 Å². The van der Waals surface area contributed by atoms with Crippen LogP contribution in [-0.2, 0) is 0 Å². The quantitative estimate of drug-likeness (QED) is 0.764. The summed E-state index contributed by atoms with van der Waals surface area (Å²) in [7, 11) is 0. The molecule has 0 amide bonds. The van der Waals surface area contributed by atoms with Gasteiger partial charge < -0.3 is 5.32 Å². The first kappa shape index (κ1) is 15.0. The molecule has 112 valence electrons. The lowest BCUT2D eigenvalue weighted by molar-refractivity contribution is 0.374. The van der Waals surface area contributed by atoms with Gasteiger partial charge in [0, 0.05) is 22.2 Å². The van der Waals surface area contributed by atoms with Gasteiger partial charge in [0.2, 0.25) is 0 Å². The summed E-state index contributed by atoms with van der Waals surface area (Å²) < 4.78 is 29.0. The Morgan fingerprint density at radius 1 is 1.09 bits per heavy atom. The summed E-state index contributed by atoms with van der Waals surface area (Å²) in [4.78, 5) is 0. The topological polar surface area (TPSA) is 12.0 Å². The van der Waals surface area contributed by atoms with E-state index in [1.807, 2.05) is 30.3 Å². The summed E-state index contributed by atoms with van der Waals surface area (Å²) in [5, 5.41) is 2.95. The molecule has 0 saturated heterocycles. The number of allylic oxidation sites excluding steroid dienone is 2. The second-order valence-corrected chi connectivity index (χ2v) is 5.99. The van der Waals surface area contributed by atoms with Gasteiger partial charge in [-0.15, -0.1) is 0 Å². The van der Waals surface area contributed by atoms with Crippen LogP contribution in [-0.4, -0.2) is 6.17 Å². The van der Waals surface area contributed by atoms with Gasteiger partial charge >= 0.3 is 0 Å². The summed E-state index contributed by atoms with van der Waals surface area (Å²) in [6.45, 7) is 3.70. The molecule has 0 saturated carbocycles. The van der Waals surface area contributed by atoms with E-state index in [2.05, 4.69) is 27.8 Å². The van der Waals surface area contributed by atoms with Crippen molar-refractivity contribution >= 4 is 27.2 Å². The zero-order valence-electron chi connectivity index (χ0n) is 11.7. The first-order valence-corrected chi connectivity index (χ1v) is 7.70. The van der Waals surface area contributed by atoms with Crippen molar-refractivity contribution in [3.63, 3.8) is 0 Å². The fraction of sp³-hybridized carbons (Fsp3) is 0.111. The lowest BCUT2D eigenvalue weighted by Gasteiger charge is -2.28. The van der Waals surface area contributed by atoms with Crippen molar-refractivity contribution in [2.24, 2.45) is 0 Å². The van der Waals surface area contributed by atoms with Crippen molar-refractivity contribution in [2.45, 2.75) is 12.6 Å². The Bertz CT molecular complexity index is 733. The molecular formula is C18H14BrF2N. The van der Waals surface area contributed by atoms with Crippen LogP contribution in [0.3, 0.4) is 0 Å². The van der Waals surface area contributed by atoms with Crippen molar-refractivity contribution in [1.82, 2.24) is 5.32 Å². The normalized spacial score (nSPS) is 18.3. The maximum Gasteiger partial charge on any atom is 0.143 e. The molecule has 1 N–H and O–H groups in total. The van der Waals surface area contributed by atoms with Crippen LogP contribution in [0.2, 0.25) is 0 Å². The maximum atomic E-state index is 14.3. The molecule has 1 nitrogen and oxygen atoms in total. The van der Waals surface area contributed by atoms with Crippen LogP contribution < -0.4 is 5.32 Å². The van der Waals surface area contributed by atoms with Crippen LogP contribution >= 0.6 is 15.9 Å². The van der Waals surface area contributed by atoms with E-state index in [4.69, 9.17) is 0 Å². The highest BCUT2D eigenvalue weighted by molar-refractivity contribution is 9.10. The molecule has 0 spiro atoms. The number of hydrogen-bond acceptors (Lipinski definition) is 1. The molecular weight excluding hydrogens is 348 g/mol. The molecule has 3 rings (SSSR count). The number of halogens is 3. The van der Waals surface area contributed by atoms with E-state index >= 15 is 0 Å². The van der Waals surface area contributed by atoms with E-state index in [9.17, 15) is 8.78 Å². The molecule has 1 atom stereocenters. The zero-order chi connectivity index (χ0) is 15.7. The molecule has 4 heteroatoms. The van der Waals surface area contributed by atoms with Crippen molar-refractivity contribution < 1.29 is 8.78 Å². The van der Waals surface area contributed by atoms with Crippen LogP contribution in [0, 0.1) is 5.82 Å². The van der Waals surface area contributed by atoms with Crippen molar-refractivity contribution in [2.75, 3.05) is 0 Å². The third-order valence-electron chi connectivity index (χ3n) is 3.68. The summed E-state index contributed by atoms with van der Waals surface area (Å²) in [5.41, 5.74) is 2.83. The predicted octanol–water partition coefficient (Wildman–Crippen LogP) is 5.30. The molecule has 2 aromatic rings. The lowest BCUT2D eigenvalue weighted by Crippen LogP contribution is -2.27. The van der Waals surface area contributed by atoms with Crippen molar-refractivity contribution in [1.29, 1.82) is 0 Å². The minimum Gasteiger partial charge on any atom is -0.356 e. The van der Waals surface area contributed by atoms with Gasteiger partial charge in [-0.1, -0.05) is 43.0 Å². The van der Waals surface area contributed by atoms with Gasteiger partial charge in [-0.05, 0) is 39.2 Å². The summed E-state index contributed by atoms with van der Waals surface area (Å²) >= 11 is 3.38. The third kappa shape index (κ3) is 2.71. The standard InChI is InChI=1S/C18H14BrF2N/c1-11-16(21)10-13(12-6-3-2-4-7-12)18(22-11)17-14(19)8-5-9-15(17)20/h2-9,16,22H,1,10H2. The molecule has 1 aliphatic rings. The van der Waals surface area contributed by atoms with Crippen LogP contribution in [0.15, 0.2) is 65.3 Å². The molecule has 0 radical (unpaired) electrons. The fourth-order valence-electron chi connectivity index (χ4n) is 2.57. The molecule has 1 unspecified atom stereocenters. The predicted molar refractivity (Wildman–Crippen MR) is 89.1 cm³/mol. The van der Waals surface area contributed by atoms with E-state index in [1.165, 1.54) is 6.07 Å². The zero-order valence-corrected chi connectivity index (χ0v) is 13.3. The van der Waals surface area contributed by atoms with Gasteiger partial charge in [-0.3, -0.25) is 0 Å². The Morgan fingerprint density at radius 2 is 1.82 bits per heavy atom. The smallest absolute Gasteiger partial charge is 0.143 e. The van der Waals surface area contributed by atoms with Gasteiger partial charge in [0.15, 0.2) is 0 Å². The number of hydrogen-bond donors (Lipinski definition) is 1. The lowest BCUT2D eigenvalue weighted by atomic mass is 9.91. The first-order chi connectivity index (χ1) is 10.6. The molecule has 22 heavy (non-hydrogen) atoms. The number of alkyl halides is 1.